The van der Waals surface area contributed by atoms with Crippen molar-refractivity contribution in [1.82, 2.24) is 10.2 Å². The molecule has 0 bridgehead atoms. The fraction of sp³-hybridized carbons (Fsp3) is 0.176. The van der Waals surface area contributed by atoms with Crippen LogP contribution in [0.2, 0.25) is 0 Å². The number of aromatic nitrogens is 2. The summed E-state index contributed by atoms with van der Waals surface area (Å²) in [6, 6.07) is 13.8. The number of ether oxygens (including phenoxy) is 2. The first-order chi connectivity index (χ1) is 10.7. The molecule has 0 spiro atoms. The molecule has 1 aromatic heterocycles. The summed E-state index contributed by atoms with van der Waals surface area (Å²) >= 11 is 0. The molecule has 0 atom stereocenters. The summed E-state index contributed by atoms with van der Waals surface area (Å²) in [5.41, 5.74) is 0.948. The van der Waals surface area contributed by atoms with E-state index < -0.39 is 0 Å². The van der Waals surface area contributed by atoms with Crippen molar-refractivity contribution in [3.8, 4) is 11.5 Å². The summed E-state index contributed by atoms with van der Waals surface area (Å²) in [4.78, 5) is 1.98. The summed E-state index contributed by atoms with van der Waals surface area (Å²) < 4.78 is 10.6. The first-order valence-corrected chi connectivity index (χ1v) is 6.91. The van der Waals surface area contributed by atoms with Crippen LogP contribution in [0, 0.1) is 0 Å². The molecule has 22 heavy (non-hydrogen) atoms. The lowest BCUT2D eigenvalue weighted by Crippen LogP contribution is -2.12. The molecule has 112 valence electrons. The zero-order valence-corrected chi connectivity index (χ0v) is 12.8. The molecule has 3 rings (SSSR count). The SMILES string of the molecule is COc1ccc(N(C)c2nncc3ccccc23)cc1OC. The predicted molar refractivity (Wildman–Crippen MR) is 87.1 cm³/mol. The van der Waals surface area contributed by atoms with Crippen LogP contribution < -0.4 is 14.4 Å². The van der Waals surface area contributed by atoms with E-state index in [0.29, 0.717) is 11.5 Å². The molecule has 3 aromatic rings. The number of hydrogen-bond donors (Lipinski definition) is 0. The van der Waals surface area contributed by atoms with E-state index in [1.165, 1.54) is 0 Å². The smallest absolute Gasteiger partial charge is 0.163 e. The maximum atomic E-state index is 5.36. The van der Waals surface area contributed by atoms with Crippen LogP contribution in [0.5, 0.6) is 11.5 Å². The molecule has 0 aliphatic rings. The zero-order chi connectivity index (χ0) is 15.5. The van der Waals surface area contributed by atoms with E-state index in [1.54, 1.807) is 20.4 Å². The zero-order valence-electron chi connectivity index (χ0n) is 12.8. The fourth-order valence-electron chi connectivity index (χ4n) is 2.42. The fourth-order valence-corrected chi connectivity index (χ4v) is 2.42. The Morgan fingerprint density at radius 2 is 1.73 bits per heavy atom. The molecule has 0 aliphatic carbocycles. The van der Waals surface area contributed by atoms with Gasteiger partial charge in [-0.2, -0.15) is 5.10 Å². The largest absolute Gasteiger partial charge is 0.493 e. The van der Waals surface area contributed by atoms with Crippen LogP contribution in [0.3, 0.4) is 0 Å². The molecule has 0 saturated heterocycles. The molecule has 0 saturated carbocycles. The van der Waals surface area contributed by atoms with Crippen LogP contribution in [-0.2, 0) is 0 Å². The van der Waals surface area contributed by atoms with Gasteiger partial charge in [0, 0.05) is 29.6 Å². The normalized spacial score (nSPS) is 10.5. The molecule has 2 aromatic carbocycles. The Hall–Kier alpha value is -2.82. The molecule has 1 heterocycles. The van der Waals surface area contributed by atoms with E-state index in [-0.39, 0.29) is 0 Å². The van der Waals surface area contributed by atoms with E-state index in [4.69, 9.17) is 9.47 Å². The lowest BCUT2D eigenvalue weighted by molar-refractivity contribution is 0.355. The minimum atomic E-state index is 0.681. The van der Waals surface area contributed by atoms with Crippen molar-refractivity contribution in [2.24, 2.45) is 0 Å². The lowest BCUT2D eigenvalue weighted by atomic mass is 10.1. The van der Waals surface area contributed by atoms with Crippen LogP contribution in [-0.4, -0.2) is 31.5 Å². The Morgan fingerprint density at radius 3 is 2.50 bits per heavy atom. The standard InChI is InChI=1S/C17H17N3O2/c1-20(13-8-9-15(21-2)16(10-13)22-3)17-14-7-5-4-6-12(14)11-18-19-17/h4-11H,1-3H3. The maximum Gasteiger partial charge on any atom is 0.163 e. The van der Waals surface area contributed by atoms with Gasteiger partial charge in [-0.3, -0.25) is 0 Å². The molecule has 0 fully saturated rings. The van der Waals surface area contributed by atoms with Crippen molar-refractivity contribution in [2.75, 3.05) is 26.2 Å². The molecule has 0 unspecified atom stereocenters. The first kappa shape index (κ1) is 14.1. The molecule has 0 aliphatic heterocycles. The van der Waals surface area contributed by atoms with Gasteiger partial charge in [0.15, 0.2) is 17.3 Å². The van der Waals surface area contributed by atoms with Crippen molar-refractivity contribution in [2.45, 2.75) is 0 Å². The third kappa shape index (κ3) is 2.41. The molecular formula is C17H17N3O2. The first-order valence-electron chi connectivity index (χ1n) is 6.91. The van der Waals surface area contributed by atoms with Gasteiger partial charge in [-0.25, -0.2) is 0 Å². The predicted octanol–water partition coefficient (Wildman–Crippen LogP) is 3.41. The van der Waals surface area contributed by atoms with Crippen LogP contribution in [0.1, 0.15) is 0 Å². The van der Waals surface area contributed by atoms with E-state index in [2.05, 4.69) is 10.2 Å². The van der Waals surface area contributed by atoms with Gasteiger partial charge in [0.25, 0.3) is 0 Å². The summed E-state index contributed by atoms with van der Waals surface area (Å²) in [6.45, 7) is 0. The van der Waals surface area contributed by atoms with Crippen molar-refractivity contribution in [3.63, 3.8) is 0 Å². The van der Waals surface area contributed by atoms with Crippen LogP contribution >= 0.6 is 0 Å². The van der Waals surface area contributed by atoms with E-state index in [0.717, 1.165) is 22.3 Å². The second-order valence-electron chi connectivity index (χ2n) is 4.85. The summed E-state index contributed by atoms with van der Waals surface area (Å²) in [5.74, 6) is 2.18. The van der Waals surface area contributed by atoms with Gasteiger partial charge in [-0.1, -0.05) is 24.3 Å². The average molecular weight is 295 g/mol. The number of nitrogens with zero attached hydrogens (tertiary/aromatic N) is 3. The van der Waals surface area contributed by atoms with Gasteiger partial charge < -0.3 is 14.4 Å². The van der Waals surface area contributed by atoms with Gasteiger partial charge in [0.2, 0.25) is 0 Å². The maximum absolute atomic E-state index is 5.36. The molecule has 5 nitrogen and oxygen atoms in total. The minimum Gasteiger partial charge on any atom is -0.493 e. The molecule has 0 amide bonds. The number of benzene rings is 2. The van der Waals surface area contributed by atoms with Crippen molar-refractivity contribution >= 4 is 22.3 Å². The van der Waals surface area contributed by atoms with E-state index in [1.807, 2.05) is 54.4 Å². The molecule has 0 N–H and O–H groups in total. The second kappa shape index (κ2) is 5.89. The van der Waals surface area contributed by atoms with Gasteiger partial charge in [0.05, 0.1) is 20.4 Å². The minimum absolute atomic E-state index is 0.681. The van der Waals surface area contributed by atoms with Gasteiger partial charge in [-0.15, -0.1) is 5.10 Å². The highest BCUT2D eigenvalue weighted by Crippen LogP contribution is 2.34. The Morgan fingerprint density at radius 1 is 0.955 bits per heavy atom. The van der Waals surface area contributed by atoms with Crippen LogP contribution in [0.25, 0.3) is 10.8 Å². The Balaban J connectivity index is 2.08. The molecule has 0 radical (unpaired) electrons. The Kier molecular flexibility index (Phi) is 3.78. The molecule has 5 heteroatoms. The second-order valence-corrected chi connectivity index (χ2v) is 4.85. The highest BCUT2D eigenvalue weighted by atomic mass is 16.5. The Labute approximate surface area is 129 Å². The van der Waals surface area contributed by atoms with Crippen molar-refractivity contribution in [3.05, 3.63) is 48.7 Å². The van der Waals surface area contributed by atoms with Gasteiger partial charge in [-0.05, 0) is 12.1 Å². The van der Waals surface area contributed by atoms with Crippen molar-refractivity contribution < 1.29 is 9.47 Å². The lowest BCUT2D eigenvalue weighted by Gasteiger charge is -2.20. The molecular weight excluding hydrogens is 278 g/mol. The topological polar surface area (TPSA) is 47.5 Å². The highest BCUT2D eigenvalue weighted by Gasteiger charge is 2.13. The van der Waals surface area contributed by atoms with E-state index in [9.17, 15) is 0 Å². The van der Waals surface area contributed by atoms with Crippen molar-refractivity contribution in [1.29, 1.82) is 0 Å². The average Bonchev–Trinajstić information content (AvgIpc) is 2.60. The number of methoxy groups -OCH3 is 2. The highest BCUT2D eigenvalue weighted by molar-refractivity contribution is 5.93. The third-order valence-corrected chi connectivity index (χ3v) is 3.62. The number of anilines is 2. The Bertz CT molecular complexity index is 800. The van der Waals surface area contributed by atoms with Gasteiger partial charge in [0.1, 0.15) is 0 Å². The number of hydrogen-bond acceptors (Lipinski definition) is 5. The number of fused-ring (bicyclic) bond motifs is 1. The summed E-state index contributed by atoms with van der Waals surface area (Å²) in [7, 11) is 5.20. The number of rotatable bonds is 4. The van der Waals surface area contributed by atoms with Gasteiger partial charge >= 0.3 is 0 Å². The quantitative estimate of drug-likeness (QED) is 0.738. The summed E-state index contributed by atoms with van der Waals surface area (Å²) in [6.07, 6.45) is 1.77. The third-order valence-electron chi connectivity index (χ3n) is 3.62. The monoisotopic (exact) mass is 295 g/mol. The summed E-state index contributed by atoms with van der Waals surface area (Å²) in [5, 5.41) is 10.5. The van der Waals surface area contributed by atoms with Crippen LogP contribution in [0.15, 0.2) is 48.7 Å². The van der Waals surface area contributed by atoms with E-state index >= 15 is 0 Å². The van der Waals surface area contributed by atoms with Crippen LogP contribution in [0.4, 0.5) is 11.5 Å².